The first kappa shape index (κ1) is 25.8. The fourth-order valence-corrected chi connectivity index (χ4v) is 4.77. The second kappa shape index (κ2) is 11.2. The number of halogens is 1. The molecule has 3 aromatic rings. The van der Waals surface area contributed by atoms with Crippen molar-refractivity contribution in [3.05, 3.63) is 82.7 Å². The van der Waals surface area contributed by atoms with Crippen LogP contribution in [0.3, 0.4) is 0 Å². The Kier molecular flexibility index (Phi) is 8.04. The molecule has 1 aliphatic carbocycles. The summed E-state index contributed by atoms with van der Waals surface area (Å²) in [7, 11) is 1.68. The van der Waals surface area contributed by atoms with E-state index in [0.717, 1.165) is 55.6 Å². The molecular formula is C30H37FN2O3. The number of anilines is 1. The van der Waals surface area contributed by atoms with Crippen LogP contribution in [0, 0.1) is 5.82 Å². The zero-order valence-electron chi connectivity index (χ0n) is 21.4. The monoisotopic (exact) mass is 492 g/mol. The van der Waals surface area contributed by atoms with Crippen LogP contribution in [-0.2, 0) is 19.3 Å². The third-order valence-corrected chi connectivity index (χ3v) is 6.67. The molecule has 6 heteroatoms. The van der Waals surface area contributed by atoms with E-state index in [-0.39, 0.29) is 18.2 Å². The molecule has 192 valence electrons. The lowest BCUT2D eigenvalue weighted by Gasteiger charge is -2.27. The smallest absolute Gasteiger partial charge is 0.165 e. The number of nitrogens with one attached hydrogen (secondary N) is 1. The lowest BCUT2D eigenvalue weighted by molar-refractivity contribution is 0.234. The van der Waals surface area contributed by atoms with Gasteiger partial charge in [0.1, 0.15) is 18.1 Å². The largest absolute Gasteiger partial charge is 0.508 e. The zero-order chi connectivity index (χ0) is 25.7. The highest BCUT2D eigenvalue weighted by atomic mass is 19.1. The maximum absolute atomic E-state index is 14.5. The van der Waals surface area contributed by atoms with Crippen molar-refractivity contribution in [2.45, 2.75) is 57.4 Å². The maximum atomic E-state index is 14.5. The second-order valence-electron chi connectivity index (χ2n) is 10.4. The Morgan fingerprint density at radius 3 is 2.67 bits per heavy atom. The van der Waals surface area contributed by atoms with Crippen LogP contribution in [0.4, 0.5) is 10.1 Å². The Labute approximate surface area is 213 Å². The van der Waals surface area contributed by atoms with Crippen molar-refractivity contribution < 1.29 is 19.0 Å². The van der Waals surface area contributed by atoms with Gasteiger partial charge in [0.2, 0.25) is 0 Å². The van der Waals surface area contributed by atoms with Gasteiger partial charge in [0.05, 0.1) is 7.11 Å². The Balaban J connectivity index is 1.37. The predicted molar refractivity (Wildman–Crippen MR) is 143 cm³/mol. The van der Waals surface area contributed by atoms with Crippen LogP contribution in [0.25, 0.3) is 0 Å². The molecule has 36 heavy (non-hydrogen) atoms. The number of rotatable bonds is 10. The topological polar surface area (TPSA) is 76.7 Å². The minimum absolute atomic E-state index is 0.237. The van der Waals surface area contributed by atoms with E-state index in [1.807, 2.05) is 38.1 Å². The minimum atomic E-state index is -0.514. The minimum Gasteiger partial charge on any atom is -0.508 e. The molecule has 0 bridgehead atoms. The first-order valence-corrected chi connectivity index (χ1v) is 12.6. The molecule has 0 radical (unpaired) electrons. The van der Waals surface area contributed by atoms with E-state index in [1.165, 1.54) is 16.7 Å². The summed E-state index contributed by atoms with van der Waals surface area (Å²) in [6, 6.07) is 17.1. The number of ether oxygens (including phenoxy) is 2. The number of phenols is 1. The van der Waals surface area contributed by atoms with Crippen molar-refractivity contribution >= 4 is 5.69 Å². The number of nitrogens with two attached hydrogens (primary N) is 1. The summed E-state index contributed by atoms with van der Waals surface area (Å²) in [5.74, 6) is 1.43. The van der Waals surface area contributed by atoms with Crippen LogP contribution >= 0.6 is 0 Å². The number of hydrogen-bond donors (Lipinski definition) is 3. The third-order valence-electron chi connectivity index (χ3n) is 6.67. The summed E-state index contributed by atoms with van der Waals surface area (Å²) in [6.45, 7) is 4.71. The van der Waals surface area contributed by atoms with E-state index < -0.39 is 5.54 Å². The number of aryl methyl sites for hydroxylation is 2. The first-order chi connectivity index (χ1) is 17.2. The maximum Gasteiger partial charge on any atom is 0.165 e. The highest BCUT2D eigenvalue weighted by Crippen LogP contribution is 2.38. The van der Waals surface area contributed by atoms with Gasteiger partial charge in [-0.05, 0) is 104 Å². The third kappa shape index (κ3) is 6.70. The van der Waals surface area contributed by atoms with Crippen molar-refractivity contribution in [2.75, 3.05) is 25.6 Å². The molecule has 4 rings (SSSR count). The molecule has 0 amide bonds. The molecule has 0 fully saturated rings. The lowest BCUT2D eigenvalue weighted by atomic mass is 9.79. The van der Waals surface area contributed by atoms with Crippen molar-refractivity contribution in [1.82, 2.24) is 0 Å². The number of benzene rings is 3. The Morgan fingerprint density at radius 1 is 1.08 bits per heavy atom. The number of aromatic hydroxyl groups is 1. The summed E-state index contributed by atoms with van der Waals surface area (Å²) in [6.07, 6.45) is 4.55. The Hall–Kier alpha value is -3.25. The number of hydrogen-bond acceptors (Lipinski definition) is 5. The van der Waals surface area contributed by atoms with Crippen LogP contribution in [-0.4, -0.2) is 30.9 Å². The summed E-state index contributed by atoms with van der Waals surface area (Å²) < 4.78 is 25.5. The van der Waals surface area contributed by atoms with E-state index >= 15 is 0 Å². The van der Waals surface area contributed by atoms with Gasteiger partial charge >= 0.3 is 0 Å². The number of methoxy groups -OCH3 is 1. The van der Waals surface area contributed by atoms with Gasteiger partial charge in [-0.25, -0.2) is 4.39 Å². The van der Waals surface area contributed by atoms with E-state index in [2.05, 4.69) is 17.4 Å². The molecule has 0 saturated carbocycles. The fourth-order valence-electron chi connectivity index (χ4n) is 4.77. The molecule has 1 atom stereocenters. The molecular weight excluding hydrogens is 455 g/mol. The summed E-state index contributed by atoms with van der Waals surface area (Å²) in [5.41, 5.74) is 11.3. The van der Waals surface area contributed by atoms with Gasteiger partial charge < -0.3 is 25.6 Å². The Morgan fingerprint density at radius 2 is 1.92 bits per heavy atom. The molecule has 1 aliphatic rings. The lowest BCUT2D eigenvalue weighted by Crippen LogP contribution is -2.38. The van der Waals surface area contributed by atoms with Crippen molar-refractivity contribution in [1.29, 1.82) is 0 Å². The van der Waals surface area contributed by atoms with Crippen molar-refractivity contribution in [3.8, 4) is 17.2 Å². The van der Waals surface area contributed by atoms with E-state index in [4.69, 9.17) is 15.2 Å². The molecule has 0 spiro atoms. The van der Waals surface area contributed by atoms with Crippen molar-refractivity contribution in [2.24, 2.45) is 5.73 Å². The summed E-state index contributed by atoms with van der Waals surface area (Å²) in [5, 5.41) is 13.4. The van der Waals surface area contributed by atoms with E-state index in [0.29, 0.717) is 11.7 Å². The first-order valence-electron chi connectivity index (χ1n) is 12.6. The van der Waals surface area contributed by atoms with Gasteiger partial charge in [-0.2, -0.15) is 0 Å². The molecule has 4 N–H and O–H groups in total. The van der Waals surface area contributed by atoms with Crippen LogP contribution < -0.4 is 20.5 Å². The van der Waals surface area contributed by atoms with Crippen LogP contribution in [0.1, 0.15) is 54.9 Å². The summed E-state index contributed by atoms with van der Waals surface area (Å²) >= 11 is 0. The average Bonchev–Trinajstić information content (AvgIpc) is 2.85. The second-order valence-corrected chi connectivity index (χ2v) is 10.4. The standard InChI is InChI=1S/C30H37FN2O3/c1-30(2,32)19-36-29-13-6-20(15-27(29)31)5-4-14-33-28-18-25(35-3)11-12-26(28)23-8-7-22-17-24(34)10-9-21(22)16-23/h6,9-13,15,17-18,23,33-34H,4-5,7-8,14,16,19,32H2,1-3H3/t23-/m1/s1. The van der Waals surface area contributed by atoms with Crippen LogP contribution in [0.15, 0.2) is 54.6 Å². The summed E-state index contributed by atoms with van der Waals surface area (Å²) in [4.78, 5) is 0. The van der Waals surface area contributed by atoms with Gasteiger partial charge in [0.25, 0.3) is 0 Å². The molecule has 0 aromatic heterocycles. The van der Waals surface area contributed by atoms with Gasteiger partial charge in [-0.1, -0.05) is 18.2 Å². The fraction of sp³-hybridized carbons (Fsp3) is 0.400. The Bertz CT molecular complexity index is 1190. The van der Waals surface area contributed by atoms with E-state index in [1.54, 1.807) is 25.3 Å². The molecule has 0 heterocycles. The highest BCUT2D eigenvalue weighted by Gasteiger charge is 2.23. The van der Waals surface area contributed by atoms with Gasteiger partial charge in [0, 0.05) is 23.8 Å². The quantitative estimate of drug-likeness (QED) is 0.304. The van der Waals surface area contributed by atoms with Crippen LogP contribution in [0.5, 0.6) is 17.2 Å². The zero-order valence-corrected chi connectivity index (χ0v) is 21.4. The van der Waals surface area contributed by atoms with Gasteiger partial charge in [-0.15, -0.1) is 0 Å². The predicted octanol–water partition coefficient (Wildman–Crippen LogP) is 5.97. The molecule has 0 unspecified atom stereocenters. The average molecular weight is 493 g/mol. The molecule has 0 aliphatic heterocycles. The normalized spacial score (nSPS) is 15.3. The number of phenolic OH excluding ortho intramolecular Hbond substituents is 1. The van der Waals surface area contributed by atoms with Crippen LogP contribution in [0.2, 0.25) is 0 Å². The van der Waals surface area contributed by atoms with Gasteiger partial charge in [0.15, 0.2) is 11.6 Å². The van der Waals surface area contributed by atoms with E-state index in [9.17, 15) is 9.50 Å². The molecule has 3 aromatic carbocycles. The van der Waals surface area contributed by atoms with Gasteiger partial charge in [-0.3, -0.25) is 0 Å². The molecule has 0 saturated heterocycles. The molecule has 5 nitrogen and oxygen atoms in total. The number of fused-ring (bicyclic) bond motifs is 1. The SMILES string of the molecule is COc1ccc([C@@H]2CCc3cc(O)ccc3C2)c(NCCCc2ccc(OCC(C)(C)N)c(F)c2)c1. The highest BCUT2D eigenvalue weighted by molar-refractivity contribution is 5.57. The van der Waals surface area contributed by atoms with Crippen molar-refractivity contribution in [3.63, 3.8) is 0 Å².